The van der Waals surface area contributed by atoms with Crippen molar-refractivity contribution in [2.75, 3.05) is 11.9 Å². The van der Waals surface area contributed by atoms with Crippen LogP contribution in [0.15, 0.2) is 47.8 Å². The van der Waals surface area contributed by atoms with Crippen molar-refractivity contribution in [3.63, 3.8) is 0 Å². The smallest absolute Gasteiger partial charge is 0.251 e. The van der Waals surface area contributed by atoms with E-state index < -0.39 is 0 Å². The lowest BCUT2D eigenvalue weighted by atomic mass is 10.1. The van der Waals surface area contributed by atoms with E-state index in [-0.39, 0.29) is 17.6 Å². The number of hydrogen-bond acceptors (Lipinski definition) is 4. The molecule has 27 heavy (non-hydrogen) atoms. The van der Waals surface area contributed by atoms with Crippen LogP contribution in [0.1, 0.15) is 20.9 Å². The largest absolute Gasteiger partial charge is 0.352 e. The van der Waals surface area contributed by atoms with Crippen LogP contribution in [-0.4, -0.2) is 23.3 Å². The summed E-state index contributed by atoms with van der Waals surface area (Å²) in [5.74, 6) is -0.589. The quantitative estimate of drug-likeness (QED) is 0.711. The Bertz CT molecular complexity index is 1010. The average molecular weight is 381 g/mol. The number of amides is 2. The fourth-order valence-electron chi connectivity index (χ4n) is 2.93. The Kier molecular flexibility index (Phi) is 4.68. The number of thiazole rings is 1. The maximum atomic E-state index is 12.9. The molecule has 2 heterocycles. The summed E-state index contributed by atoms with van der Waals surface area (Å²) in [6.45, 7) is 0.450. The van der Waals surface area contributed by atoms with Gasteiger partial charge < -0.3 is 10.6 Å². The molecule has 0 aliphatic carbocycles. The van der Waals surface area contributed by atoms with Crippen molar-refractivity contribution in [2.45, 2.75) is 12.8 Å². The second-order valence-corrected chi connectivity index (χ2v) is 7.18. The van der Waals surface area contributed by atoms with Crippen LogP contribution < -0.4 is 10.6 Å². The summed E-state index contributed by atoms with van der Waals surface area (Å²) >= 11 is 1.53. The topological polar surface area (TPSA) is 71.1 Å². The van der Waals surface area contributed by atoms with Gasteiger partial charge in [-0.15, -0.1) is 11.3 Å². The van der Waals surface area contributed by atoms with E-state index >= 15 is 0 Å². The second-order valence-electron chi connectivity index (χ2n) is 6.24. The van der Waals surface area contributed by atoms with Crippen molar-refractivity contribution in [3.8, 4) is 11.3 Å². The van der Waals surface area contributed by atoms with Gasteiger partial charge in [-0.1, -0.05) is 6.07 Å². The van der Waals surface area contributed by atoms with Gasteiger partial charge in [0, 0.05) is 35.2 Å². The summed E-state index contributed by atoms with van der Waals surface area (Å²) in [5, 5.41) is 8.52. The second kappa shape index (κ2) is 7.28. The number of benzene rings is 2. The first-order valence-electron chi connectivity index (χ1n) is 8.50. The fourth-order valence-corrected chi connectivity index (χ4v) is 3.74. The van der Waals surface area contributed by atoms with Gasteiger partial charge in [-0.3, -0.25) is 9.59 Å². The molecular weight excluding hydrogens is 365 g/mol. The Labute approximate surface area is 159 Å². The standard InChI is InChI=1S/C20H16FN3O2S/c21-15-4-1-12(2-5-15)20(26)22-8-7-19-24-17(11-27-19)13-3-6-16-14(9-13)10-18(25)23-16/h1-6,9,11H,7-8,10H2,(H,22,26)(H,23,25). The minimum absolute atomic E-state index is 0.0120. The zero-order valence-electron chi connectivity index (χ0n) is 14.3. The molecule has 1 aliphatic rings. The molecule has 0 atom stereocenters. The number of carbonyl (C=O) groups excluding carboxylic acids is 2. The Hall–Kier alpha value is -3.06. The molecule has 3 aromatic rings. The molecule has 0 unspecified atom stereocenters. The van der Waals surface area contributed by atoms with Crippen molar-refractivity contribution in [1.29, 1.82) is 0 Å². The van der Waals surface area contributed by atoms with E-state index in [1.165, 1.54) is 35.6 Å². The summed E-state index contributed by atoms with van der Waals surface area (Å²) in [7, 11) is 0. The highest BCUT2D eigenvalue weighted by Gasteiger charge is 2.18. The van der Waals surface area contributed by atoms with E-state index in [9.17, 15) is 14.0 Å². The minimum Gasteiger partial charge on any atom is -0.352 e. The van der Waals surface area contributed by atoms with Gasteiger partial charge in [0.25, 0.3) is 5.91 Å². The van der Waals surface area contributed by atoms with Crippen molar-refractivity contribution < 1.29 is 14.0 Å². The number of aromatic nitrogens is 1. The molecule has 7 heteroatoms. The summed E-state index contributed by atoms with van der Waals surface area (Å²) in [5.41, 5.74) is 4.11. The molecule has 0 radical (unpaired) electrons. The number of nitrogens with zero attached hydrogens (tertiary/aromatic N) is 1. The zero-order valence-corrected chi connectivity index (χ0v) is 15.1. The normalized spacial score (nSPS) is 12.6. The van der Waals surface area contributed by atoms with E-state index in [0.717, 1.165) is 27.5 Å². The van der Waals surface area contributed by atoms with E-state index in [0.29, 0.717) is 24.9 Å². The molecule has 136 valence electrons. The number of nitrogens with one attached hydrogen (secondary N) is 2. The molecule has 0 fully saturated rings. The lowest BCUT2D eigenvalue weighted by molar-refractivity contribution is -0.115. The van der Waals surface area contributed by atoms with Crippen molar-refractivity contribution in [2.24, 2.45) is 0 Å². The molecule has 0 saturated carbocycles. The molecule has 1 aromatic heterocycles. The first kappa shape index (κ1) is 17.4. The highest BCUT2D eigenvalue weighted by atomic mass is 32.1. The van der Waals surface area contributed by atoms with Gasteiger partial charge in [0.1, 0.15) is 5.82 Å². The van der Waals surface area contributed by atoms with Crippen LogP contribution in [0.3, 0.4) is 0 Å². The highest BCUT2D eigenvalue weighted by molar-refractivity contribution is 7.09. The summed E-state index contributed by atoms with van der Waals surface area (Å²) < 4.78 is 12.9. The molecule has 0 saturated heterocycles. The van der Waals surface area contributed by atoms with Crippen LogP contribution in [0, 0.1) is 5.82 Å². The SMILES string of the molecule is O=C1Cc2cc(-c3csc(CCNC(=O)c4ccc(F)cc4)n3)ccc2N1. The third-order valence-electron chi connectivity index (χ3n) is 4.31. The van der Waals surface area contributed by atoms with Crippen LogP contribution in [0.2, 0.25) is 0 Å². The predicted molar refractivity (Wildman–Crippen MR) is 102 cm³/mol. The van der Waals surface area contributed by atoms with E-state index in [2.05, 4.69) is 15.6 Å². The number of hydrogen-bond donors (Lipinski definition) is 2. The Morgan fingerprint density at radius 1 is 1.22 bits per heavy atom. The van der Waals surface area contributed by atoms with Crippen LogP contribution in [0.4, 0.5) is 10.1 Å². The van der Waals surface area contributed by atoms with Crippen LogP contribution in [-0.2, 0) is 17.6 Å². The molecule has 5 nitrogen and oxygen atoms in total. The van der Waals surface area contributed by atoms with Crippen LogP contribution >= 0.6 is 11.3 Å². The predicted octanol–water partition coefficient (Wildman–Crippen LogP) is 3.42. The minimum atomic E-state index is -0.367. The van der Waals surface area contributed by atoms with Gasteiger partial charge >= 0.3 is 0 Å². The summed E-state index contributed by atoms with van der Waals surface area (Å²) in [6.07, 6.45) is 1.01. The Morgan fingerprint density at radius 2 is 2.04 bits per heavy atom. The molecule has 2 aromatic carbocycles. The highest BCUT2D eigenvalue weighted by Crippen LogP contribution is 2.29. The van der Waals surface area contributed by atoms with Gasteiger partial charge in [-0.2, -0.15) is 0 Å². The lowest BCUT2D eigenvalue weighted by Crippen LogP contribution is -2.25. The number of anilines is 1. The molecule has 0 bridgehead atoms. The number of carbonyl (C=O) groups is 2. The van der Waals surface area contributed by atoms with Crippen molar-refractivity contribution >= 4 is 28.8 Å². The van der Waals surface area contributed by atoms with E-state index in [4.69, 9.17) is 0 Å². The molecule has 4 rings (SSSR count). The Balaban J connectivity index is 1.36. The van der Waals surface area contributed by atoms with Crippen molar-refractivity contribution in [3.05, 3.63) is 69.8 Å². The van der Waals surface area contributed by atoms with Gasteiger partial charge in [0.2, 0.25) is 5.91 Å². The summed E-state index contributed by atoms with van der Waals surface area (Å²) in [6, 6.07) is 11.3. The molecule has 2 amide bonds. The van der Waals surface area contributed by atoms with Crippen LogP contribution in [0.5, 0.6) is 0 Å². The number of fused-ring (bicyclic) bond motifs is 1. The average Bonchev–Trinajstić information content (AvgIpc) is 3.27. The third kappa shape index (κ3) is 3.88. The van der Waals surface area contributed by atoms with Crippen molar-refractivity contribution in [1.82, 2.24) is 10.3 Å². The maximum absolute atomic E-state index is 12.9. The zero-order chi connectivity index (χ0) is 18.8. The lowest BCUT2D eigenvalue weighted by Gasteiger charge is -2.04. The molecule has 0 spiro atoms. The fraction of sp³-hybridized carbons (Fsp3) is 0.150. The van der Waals surface area contributed by atoms with E-state index in [1.54, 1.807) is 0 Å². The Morgan fingerprint density at radius 3 is 2.85 bits per heavy atom. The monoisotopic (exact) mass is 381 g/mol. The molecule has 2 N–H and O–H groups in total. The molecular formula is C20H16FN3O2S. The first-order valence-corrected chi connectivity index (χ1v) is 9.38. The van der Waals surface area contributed by atoms with E-state index in [1.807, 2.05) is 23.6 Å². The van der Waals surface area contributed by atoms with Crippen LogP contribution in [0.25, 0.3) is 11.3 Å². The number of rotatable bonds is 5. The van der Waals surface area contributed by atoms with Gasteiger partial charge in [0.15, 0.2) is 0 Å². The van der Waals surface area contributed by atoms with Gasteiger partial charge in [-0.05, 0) is 42.0 Å². The van der Waals surface area contributed by atoms with Gasteiger partial charge in [-0.25, -0.2) is 9.37 Å². The van der Waals surface area contributed by atoms with Gasteiger partial charge in [0.05, 0.1) is 17.1 Å². The summed E-state index contributed by atoms with van der Waals surface area (Å²) in [4.78, 5) is 28.1. The third-order valence-corrected chi connectivity index (χ3v) is 5.22. The number of halogens is 1. The first-order chi connectivity index (χ1) is 13.1. The molecule has 1 aliphatic heterocycles. The maximum Gasteiger partial charge on any atom is 0.251 e.